The van der Waals surface area contributed by atoms with Crippen molar-refractivity contribution in [2.75, 3.05) is 29.9 Å². The van der Waals surface area contributed by atoms with Crippen LogP contribution in [-0.4, -0.2) is 62.7 Å². The maximum absolute atomic E-state index is 13.0. The number of anilines is 2. The fourth-order valence-corrected chi connectivity index (χ4v) is 3.00. The van der Waals surface area contributed by atoms with E-state index in [-0.39, 0.29) is 35.9 Å². The van der Waals surface area contributed by atoms with E-state index in [0.717, 1.165) is 6.20 Å². The lowest BCUT2D eigenvalue weighted by atomic mass is 10.2. The average Bonchev–Trinajstić information content (AvgIpc) is 3.33. The number of ether oxygens (including phenoxy) is 1. The lowest BCUT2D eigenvalue weighted by Crippen LogP contribution is -2.49. The summed E-state index contributed by atoms with van der Waals surface area (Å²) in [6, 6.07) is 1.46. The van der Waals surface area contributed by atoms with Crippen LogP contribution >= 0.6 is 0 Å². The van der Waals surface area contributed by atoms with Crippen molar-refractivity contribution in [3.8, 4) is 0 Å². The molecule has 0 radical (unpaired) electrons. The molecule has 1 aliphatic rings. The lowest BCUT2D eigenvalue weighted by molar-refractivity contribution is -0.221. The van der Waals surface area contributed by atoms with Gasteiger partial charge in [-0.25, -0.2) is 18.3 Å². The molecule has 1 aliphatic heterocycles. The summed E-state index contributed by atoms with van der Waals surface area (Å²) >= 11 is 0. The number of rotatable bonds is 4. The van der Waals surface area contributed by atoms with Crippen LogP contribution in [0.15, 0.2) is 24.7 Å². The zero-order valence-corrected chi connectivity index (χ0v) is 15.0. The third kappa shape index (κ3) is 3.77. The van der Waals surface area contributed by atoms with E-state index in [1.165, 1.54) is 27.9 Å². The Hall–Kier alpha value is -3.29. The Bertz CT molecular complexity index is 1060. The summed E-state index contributed by atoms with van der Waals surface area (Å²) in [5.41, 5.74) is -0.743. The second kappa shape index (κ2) is 7.51. The molecule has 160 valence electrons. The zero-order chi connectivity index (χ0) is 21.5. The van der Waals surface area contributed by atoms with Gasteiger partial charge in [0.2, 0.25) is 0 Å². The highest BCUT2D eigenvalue weighted by Gasteiger charge is 2.43. The van der Waals surface area contributed by atoms with Crippen molar-refractivity contribution in [1.82, 2.24) is 24.8 Å². The number of hydrogen-bond acceptors (Lipinski definition) is 6. The van der Waals surface area contributed by atoms with E-state index in [9.17, 15) is 26.7 Å². The van der Waals surface area contributed by atoms with Crippen molar-refractivity contribution >= 4 is 23.1 Å². The van der Waals surface area contributed by atoms with Crippen LogP contribution in [0.5, 0.6) is 0 Å². The first-order valence-electron chi connectivity index (χ1n) is 8.64. The number of aromatic nitrogens is 5. The molecule has 14 heteroatoms. The van der Waals surface area contributed by atoms with Crippen LogP contribution in [0.1, 0.15) is 22.5 Å². The normalized spacial score (nSPS) is 17.7. The molecule has 1 saturated heterocycles. The quantitative estimate of drug-likeness (QED) is 0.616. The molecular weight excluding hydrogens is 417 g/mol. The van der Waals surface area contributed by atoms with Gasteiger partial charge in [0.1, 0.15) is 17.1 Å². The van der Waals surface area contributed by atoms with Gasteiger partial charge in [-0.2, -0.15) is 23.4 Å². The predicted molar refractivity (Wildman–Crippen MR) is 92.5 cm³/mol. The monoisotopic (exact) mass is 431 g/mol. The Morgan fingerprint density at radius 1 is 1.33 bits per heavy atom. The van der Waals surface area contributed by atoms with Crippen LogP contribution in [0.4, 0.5) is 33.5 Å². The van der Waals surface area contributed by atoms with Crippen molar-refractivity contribution in [2.24, 2.45) is 0 Å². The first-order valence-corrected chi connectivity index (χ1v) is 8.64. The maximum atomic E-state index is 13.0. The maximum Gasteiger partial charge on any atom is 0.416 e. The minimum absolute atomic E-state index is 0.0427. The van der Waals surface area contributed by atoms with E-state index in [2.05, 4.69) is 25.6 Å². The van der Waals surface area contributed by atoms with Crippen molar-refractivity contribution in [3.63, 3.8) is 0 Å². The minimum Gasteiger partial charge on any atom is -0.365 e. The van der Waals surface area contributed by atoms with Gasteiger partial charge in [0.05, 0.1) is 31.2 Å². The lowest BCUT2D eigenvalue weighted by Gasteiger charge is -2.34. The molecule has 3 aromatic heterocycles. The van der Waals surface area contributed by atoms with Gasteiger partial charge < -0.3 is 15.0 Å². The third-order valence-corrected chi connectivity index (χ3v) is 4.49. The number of morpholine rings is 1. The number of amides is 1. The van der Waals surface area contributed by atoms with E-state index in [0.29, 0.717) is 0 Å². The number of carbonyl (C=O) groups excluding carboxylic acids is 1. The van der Waals surface area contributed by atoms with Crippen molar-refractivity contribution < 1.29 is 31.5 Å². The summed E-state index contributed by atoms with van der Waals surface area (Å²) in [7, 11) is 0. The molecule has 9 nitrogen and oxygen atoms in total. The summed E-state index contributed by atoms with van der Waals surface area (Å²) in [5.74, 6) is -0.570. The standard InChI is InChI=1S/C16H14F5N7O2/c17-13(18)12-9(6-22-26-12)24-15(29)8-5-23-28-2-1-11(25-14(8)28)27-3-4-30-10(7-27)16(19,20)21/h1-2,5-6,10,13H,3-4,7H2,(H,22,26)(H,24,29). The van der Waals surface area contributed by atoms with Crippen molar-refractivity contribution in [3.05, 3.63) is 35.9 Å². The Morgan fingerprint density at radius 3 is 2.87 bits per heavy atom. The van der Waals surface area contributed by atoms with Gasteiger partial charge in [-0.1, -0.05) is 0 Å². The van der Waals surface area contributed by atoms with Crippen LogP contribution in [0.3, 0.4) is 0 Å². The van der Waals surface area contributed by atoms with Gasteiger partial charge in [-0.3, -0.25) is 9.89 Å². The molecule has 4 rings (SSSR count). The van der Waals surface area contributed by atoms with E-state index >= 15 is 0 Å². The van der Waals surface area contributed by atoms with Gasteiger partial charge in [-0.15, -0.1) is 0 Å². The van der Waals surface area contributed by atoms with Crippen LogP contribution in [0.25, 0.3) is 5.65 Å². The molecule has 2 N–H and O–H groups in total. The minimum atomic E-state index is -4.52. The van der Waals surface area contributed by atoms with Gasteiger partial charge in [0, 0.05) is 12.7 Å². The second-order valence-corrected chi connectivity index (χ2v) is 6.41. The molecule has 4 heterocycles. The number of aromatic amines is 1. The summed E-state index contributed by atoms with van der Waals surface area (Å²) in [6.45, 7) is -0.409. The summed E-state index contributed by atoms with van der Waals surface area (Å²) in [5, 5.41) is 11.8. The zero-order valence-electron chi connectivity index (χ0n) is 15.0. The number of halogens is 5. The highest BCUT2D eigenvalue weighted by atomic mass is 19.4. The Balaban J connectivity index is 1.60. The summed E-state index contributed by atoms with van der Waals surface area (Å²) in [6.07, 6.45) is -5.69. The highest BCUT2D eigenvalue weighted by Crippen LogP contribution is 2.28. The average molecular weight is 431 g/mol. The molecular formula is C16H14F5N7O2. The summed E-state index contributed by atoms with van der Waals surface area (Å²) in [4.78, 5) is 18.2. The fourth-order valence-electron chi connectivity index (χ4n) is 3.00. The first kappa shape index (κ1) is 20.0. The number of alkyl halides is 5. The third-order valence-electron chi connectivity index (χ3n) is 4.49. The van der Waals surface area contributed by atoms with E-state index in [1.54, 1.807) is 0 Å². The number of H-pyrrole nitrogens is 1. The number of fused-ring (bicyclic) bond motifs is 1. The van der Waals surface area contributed by atoms with Crippen LogP contribution < -0.4 is 10.2 Å². The molecule has 0 aliphatic carbocycles. The number of carbonyl (C=O) groups is 1. The molecule has 0 bridgehead atoms. The largest absolute Gasteiger partial charge is 0.416 e. The van der Waals surface area contributed by atoms with Gasteiger partial charge in [0.15, 0.2) is 11.8 Å². The topological polar surface area (TPSA) is 100 Å². The SMILES string of the molecule is O=C(Nc1cn[nH]c1C(F)F)c1cnn2ccc(N3CCOC(C(F)(F)F)C3)nc12. The molecule has 0 aromatic carbocycles. The molecule has 0 spiro atoms. The number of nitrogens with one attached hydrogen (secondary N) is 2. The molecule has 1 atom stereocenters. The molecule has 1 amide bonds. The van der Waals surface area contributed by atoms with Gasteiger partial charge >= 0.3 is 6.18 Å². The molecule has 0 saturated carbocycles. The molecule has 1 fully saturated rings. The van der Waals surface area contributed by atoms with E-state index in [4.69, 9.17) is 4.74 Å². The van der Waals surface area contributed by atoms with E-state index in [1.807, 2.05) is 0 Å². The number of nitrogens with zero attached hydrogens (tertiary/aromatic N) is 5. The Kier molecular flexibility index (Phi) is 5.01. The molecule has 1 unspecified atom stereocenters. The predicted octanol–water partition coefficient (Wildman–Crippen LogP) is 2.41. The van der Waals surface area contributed by atoms with Gasteiger partial charge in [-0.05, 0) is 6.07 Å². The fraction of sp³-hybridized carbons (Fsp3) is 0.375. The van der Waals surface area contributed by atoms with Crippen LogP contribution in [0, 0.1) is 0 Å². The molecule has 3 aromatic rings. The summed E-state index contributed by atoms with van der Waals surface area (Å²) < 4.78 is 70.8. The van der Waals surface area contributed by atoms with Crippen molar-refractivity contribution in [1.29, 1.82) is 0 Å². The van der Waals surface area contributed by atoms with E-state index < -0.39 is 36.9 Å². The number of hydrogen-bond donors (Lipinski definition) is 2. The smallest absolute Gasteiger partial charge is 0.365 e. The van der Waals surface area contributed by atoms with Gasteiger partial charge in [0.25, 0.3) is 12.3 Å². The highest BCUT2D eigenvalue weighted by molar-refractivity contribution is 6.08. The van der Waals surface area contributed by atoms with Crippen LogP contribution in [0.2, 0.25) is 0 Å². The second-order valence-electron chi connectivity index (χ2n) is 6.41. The van der Waals surface area contributed by atoms with Crippen LogP contribution in [-0.2, 0) is 4.74 Å². The first-order chi connectivity index (χ1) is 14.2. The molecule has 30 heavy (non-hydrogen) atoms. The van der Waals surface area contributed by atoms with Crippen molar-refractivity contribution in [2.45, 2.75) is 18.7 Å². The Morgan fingerprint density at radius 2 is 2.13 bits per heavy atom. The Labute approximate surface area is 164 Å².